The van der Waals surface area contributed by atoms with Crippen LogP contribution in [0.15, 0.2) is 35.9 Å². The summed E-state index contributed by atoms with van der Waals surface area (Å²) in [5, 5.41) is 2.84. The molecule has 0 spiro atoms. The van der Waals surface area contributed by atoms with Crippen LogP contribution in [-0.2, 0) is 9.59 Å². The van der Waals surface area contributed by atoms with Crippen LogP contribution < -0.4 is 19.7 Å². The van der Waals surface area contributed by atoms with Gasteiger partial charge in [0.1, 0.15) is 5.57 Å². The monoisotopic (exact) mass is 462 g/mol. The first kappa shape index (κ1) is 22.7. The number of imide groups is 2. The zero-order valence-electron chi connectivity index (χ0n) is 17.1. The summed E-state index contributed by atoms with van der Waals surface area (Å²) in [7, 11) is 1.46. The molecule has 0 bridgehead atoms. The number of barbiturate groups is 1. The van der Waals surface area contributed by atoms with E-state index in [1.807, 2.05) is 6.92 Å². The summed E-state index contributed by atoms with van der Waals surface area (Å²) >= 11 is 12.5. The average molecular weight is 463 g/mol. The van der Waals surface area contributed by atoms with Gasteiger partial charge in [0.25, 0.3) is 11.8 Å². The molecule has 2 aromatic rings. The van der Waals surface area contributed by atoms with Gasteiger partial charge in [0.2, 0.25) is 0 Å². The maximum atomic E-state index is 13.1. The van der Waals surface area contributed by atoms with E-state index in [9.17, 15) is 14.4 Å². The van der Waals surface area contributed by atoms with Gasteiger partial charge < -0.3 is 9.47 Å². The summed E-state index contributed by atoms with van der Waals surface area (Å²) in [6.45, 7) is 4.09. The predicted octanol–water partition coefficient (Wildman–Crippen LogP) is 4.77. The smallest absolute Gasteiger partial charge is 0.335 e. The number of nitrogens with one attached hydrogen (secondary N) is 1. The number of nitrogens with zero attached hydrogens (tertiary/aromatic N) is 1. The minimum absolute atomic E-state index is 0.237. The van der Waals surface area contributed by atoms with Crippen molar-refractivity contribution in [2.24, 2.45) is 0 Å². The molecule has 1 aliphatic rings. The van der Waals surface area contributed by atoms with Crippen molar-refractivity contribution in [3.8, 4) is 11.5 Å². The summed E-state index contributed by atoms with van der Waals surface area (Å²) < 4.78 is 11.0. The number of ether oxygens (including phenoxy) is 2. The van der Waals surface area contributed by atoms with E-state index in [0.717, 1.165) is 11.3 Å². The molecular formula is C22H20Cl2N2O5. The molecule has 162 valence electrons. The second-order valence-corrected chi connectivity index (χ2v) is 7.54. The Morgan fingerprint density at radius 1 is 1.13 bits per heavy atom. The van der Waals surface area contributed by atoms with Gasteiger partial charge in [-0.15, -0.1) is 0 Å². The van der Waals surface area contributed by atoms with Gasteiger partial charge in [-0.05, 0) is 54.8 Å². The molecule has 0 saturated carbocycles. The lowest BCUT2D eigenvalue weighted by molar-refractivity contribution is -0.122. The second kappa shape index (κ2) is 9.41. The number of rotatable bonds is 6. The van der Waals surface area contributed by atoms with Gasteiger partial charge in [0, 0.05) is 5.02 Å². The number of carbonyl (C=O) groups excluding carboxylic acids is 3. The molecule has 1 N–H and O–H groups in total. The summed E-state index contributed by atoms with van der Waals surface area (Å²) in [5.74, 6) is -0.859. The fraction of sp³-hybridized carbons (Fsp3) is 0.227. The first-order valence-corrected chi connectivity index (χ1v) is 10.2. The third kappa shape index (κ3) is 4.52. The van der Waals surface area contributed by atoms with Crippen LogP contribution in [0.25, 0.3) is 6.08 Å². The molecular weight excluding hydrogens is 443 g/mol. The van der Waals surface area contributed by atoms with Gasteiger partial charge in [-0.1, -0.05) is 36.2 Å². The van der Waals surface area contributed by atoms with Gasteiger partial charge in [-0.2, -0.15) is 0 Å². The average Bonchev–Trinajstić information content (AvgIpc) is 2.73. The maximum Gasteiger partial charge on any atom is 0.335 e. The Morgan fingerprint density at radius 2 is 1.87 bits per heavy atom. The summed E-state index contributed by atoms with van der Waals surface area (Å²) in [6, 6.07) is 7.13. The van der Waals surface area contributed by atoms with E-state index in [4.69, 9.17) is 32.7 Å². The maximum absolute atomic E-state index is 13.1. The molecule has 4 amide bonds. The van der Waals surface area contributed by atoms with Crippen molar-refractivity contribution in [3.63, 3.8) is 0 Å². The zero-order valence-corrected chi connectivity index (χ0v) is 18.6. The Morgan fingerprint density at radius 3 is 2.55 bits per heavy atom. The Balaban J connectivity index is 2.04. The minimum Gasteiger partial charge on any atom is -0.493 e. The molecule has 1 aliphatic heterocycles. The van der Waals surface area contributed by atoms with Gasteiger partial charge in [0.05, 0.1) is 24.4 Å². The molecule has 0 aromatic heterocycles. The van der Waals surface area contributed by atoms with Crippen LogP contribution in [-0.4, -0.2) is 31.6 Å². The van der Waals surface area contributed by atoms with E-state index < -0.39 is 17.8 Å². The summed E-state index contributed by atoms with van der Waals surface area (Å²) in [4.78, 5) is 38.8. The standard InChI is InChI=1S/C22H20Cl2N2O5/c1-4-8-31-19-16(24)10-13(11-18(19)30-3)9-14-20(27)25-22(29)26(21(14)28)17-7-5-6-15(23)12(17)2/h5-7,9-11H,4,8H2,1-3H3,(H,25,27,29)/b14-9+. The third-order valence-electron chi connectivity index (χ3n) is 4.59. The molecule has 3 rings (SSSR count). The van der Waals surface area contributed by atoms with Crippen LogP contribution in [0.1, 0.15) is 24.5 Å². The summed E-state index contributed by atoms with van der Waals surface area (Å²) in [6.07, 6.45) is 2.13. The van der Waals surface area contributed by atoms with Crippen molar-refractivity contribution in [2.75, 3.05) is 18.6 Å². The summed E-state index contributed by atoms with van der Waals surface area (Å²) in [5.41, 5.74) is 1.01. The van der Waals surface area contributed by atoms with Gasteiger partial charge in [-0.3, -0.25) is 14.9 Å². The molecule has 7 nitrogen and oxygen atoms in total. The van der Waals surface area contributed by atoms with Crippen molar-refractivity contribution in [2.45, 2.75) is 20.3 Å². The van der Waals surface area contributed by atoms with Crippen molar-refractivity contribution >= 4 is 52.8 Å². The highest BCUT2D eigenvalue weighted by Gasteiger charge is 2.37. The lowest BCUT2D eigenvalue weighted by Crippen LogP contribution is -2.54. The number of hydrogen-bond donors (Lipinski definition) is 1. The second-order valence-electron chi connectivity index (χ2n) is 6.72. The predicted molar refractivity (Wildman–Crippen MR) is 119 cm³/mol. The molecule has 0 aliphatic carbocycles. The first-order chi connectivity index (χ1) is 14.8. The zero-order chi connectivity index (χ0) is 22.7. The van der Waals surface area contributed by atoms with Crippen molar-refractivity contribution in [1.82, 2.24) is 5.32 Å². The fourth-order valence-corrected chi connectivity index (χ4v) is 3.49. The van der Waals surface area contributed by atoms with E-state index in [1.54, 1.807) is 37.3 Å². The number of urea groups is 1. The molecule has 0 radical (unpaired) electrons. The van der Waals surface area contributed by atoms with E-state index in [2.05, 4.69) is 5.32 Å². The van der Waals surface area contributed by atoms with Crippen LogP contribution in [0.5, 0.6) is 11.5 Å². The third-order valence-corrected chi connectivity index (χ3v) is 5.29. The number of hydrogen-bond acceptors (Lipinski definition) is 5. The topological polar surface area (TPSA) is 84.9 Å². The first-order valence-electron chi connectivity index (χ1n) is 9.45. The molecule has 31 heavy (non-hydrogen) atoms. The number of halogens is 2. The molecule has 1 heterocycles. The number of methoxy groups -OCH3 is 1. The number of carbonyl (C=O) groups is 3. The molecule has 9 heteroatoms. The fourth-order valence-electron chi connectivity index (χ4n) is 3.05. The van der Waals surface area contributed by atoms with Crippen LogP contribution in [0.4, 0.5) is 10.5 Å². The SMILES string of the molecule is CCCOc1c(Cl)cc(/C=C2\C(=O)NC(=O)N(c3cccc(Cl)c3C)C2=O)cc1OC. The van der Waals surface area contributed by atoms with E-state index in [0.29, 0.717) is 34.3 Å². The number of amides is 4. The van der Waals surface area contributed by atoms with Crippen LogP contribution >= 0.6 is 23.2 Å². The largest absolute Gasteiger partial charge is 0.493 e. The lowest BCUT2D eigenvalue weighted by Gasteiger charge is -2.27. The Labute approximate surface area is 189 Å². The highest BCUT2D eigenvalue weighted by atomic mass is 35.5. The number of benzene rings is 2. The molecule has 2 aromatic carbocycles. The van der Waals surface area contributed by atoms with Crippen molar-refractivity contribution < 1.29 is 23.9 Å². The molecule has 0 unspecified atom stereocenters. The van der Waals surface area contributed by atoms with Crippen LogP contribution in [0.3, 0.4) is 0 Å². The number of anilines is 1. The minimum atomic E-state index is -0.851. The van der Waals surface area contributed by atoms with Gasteiger partial charge in [0.15, 0.2) is 11.5 Å². The molecule has 0 atom stereocenters. The van der Waals surface area contributed by atoms with Crippen molar-refractivity contribution in [3.05, 3.63) is 57.1 Å². The van der Waals surface area contributed by atoms with E-state index in [-0.39, 0.29) is 16.3 Å². The lowest BCUT2D eigenvalue weighted by atomic mass is 10.1. The highest BCUT2D eigenvalue weighted by Crippen LogP contribution is 2.37. The van der Waals surface area contributed by atoms with Gasteiger partial charge in [-0.25, -0.2) is 9.69 Å². The normalized spacial score (nSPS) is 15.3. The Hall–Kier alpha value is -3.03. The van der Waals surface area contributed by atoms with Crippen LogP contribution in [0, 0.1) is 6.92 Å². The quantitative estimate of drug-likeness (QED) is 0.493. The highest BCUT2D eigenvalue weighted by molar-refractivity contribution is 6.40. The Kier molecular flexibility index (Phi) is 6.87. The van der Waals surface area contributed by atoms with Crippen molar-refractivity contribution in [1.29, 1.82) is 0 Å². The van der Waals surface area contributed by atoms with Crippen LogP contribution in [0.2, 0.25) is 10.0 Å². The molecule has 1 fully saturated rings. The van der Waals surface area contributed by atoms with E-state index >= 15 is 0 Å². The van der Waals surface area contributed by atoms with Gasteiger partial charge >= 0.3 is 6.03 Å². The molecule has 1 saturated heterocycles. The van der Waals surface area contributed by atoms with E-state index in [1.165, 1.54) is 13.2 Å². The Bertz CT molecular complexity index is 1100.